The molecule has 0 aromatic carbocycles. The molecular weight excluding hydrogens is 604 g/mol. The molecule has 10 nitrogen and oxygen atoms in total. The van der Waals surface area contributed by atoms with Crippen LogP contribution in [0.5, 0.6) is 0 Å². The second-order valence-corrected chi connectivity index (χ2v) is 18.2. The van der Waals surface area contributed by atoms with E-state index in [0.29, 0.717) is 24.2 Å². The van der Waals surface area contributed by atoms with Crippen molar-refractivity contribution >= 4 is 5.97 Å². The summed E-state index contributed by atoms with van der Waals surface area (Å²) >= 11 is 0. The third kappa shape index (κ3) is 4.89. The van der Waals surface area contributed by atoms with Crippen LogP contribution in [-0.4, -0.2) is 59.6 Å². The number of hydrogen-bond acceptors (Lipinski definition) is 10. The van der Waals surface area contributed by atoms with Crippen LogP contribution in [0.3, 0.4) is 0 Å². The van der Waals surface area contributed by atoms with E-state index in [1.165, 1.54) is 0 Å². The average molecular weight is 663 g/mol. The predicted molar refractivity (Wildman–Crippen MR) is 168 cm³/mol. The fourth-order valence-electron chi connectivity index (χ4n) is 11.4. The molecule has 2 saturated carbocycles. The zero-order valence-electron chi connectivity index (χ0n) is 30.0. The molecule has 0 amide bonds. The van der Waals surface area contributed by atoms with Gasteiger partial charge in [-0.1, -0.05) is 27.7 Å². The van der Waals surface area contributed by atoms with Crippen molar-refractivity contribution in [3.05, 3.63) is 0 Å². The molecule has 0 radical (unpaired) electrons. The minimum atomic E-state index is -0.876. The predicted octanol–water partition coefficient (Wildman–Crippen LogP) is 6.84. The lowest BCUT2D eigenvalue weighted by Crippen LogP contribution is -2.72. The summed E-state index contributed by atoms with van der Waals surface area (Å²) in [7, 11) is 0. The van der Waals surface area contributed by atoms with Gasteiger partial charge in [-0.2, -0.15) is 0 Å². The second-order valence-electron chi connectivity index (χ2n) is 18.2. The van der Waals surface area contributed by atoms with E-state index < -0.39 is 53.0 Å². The number of fused-ring (bicyclic) bond motifs is 4. The van der Waals surface area contributed by atoms with E-state index in [0.717, 1.165) is 51.4 Å². The molecule has 8 saturated heterocycles. The highest BCUT2D eigenvalue weighted by atomic mass is 17.3. The Kier molecular flexibility index (Phi) is 7.85. The molecule has 0 aromatic rings. The molecule has 8 aliphatic heterocycles. The van der Waals surface area contributed by atoms with Gasteiger partial charge in [-0.15, -0.1) is 0 Å². The van der Waals surface area contributed by atoms with Gasteiger partial charge in [-0.3, -0.25) is 4.79 Å². The highest BCUT2D eigenvalue weighted by molar-refractivity contribution is 5.75. The van der Waals surface area contributed by atoms with Gasteiger partial charge in [0.15, 0.2) is 23.8 Å². The van der Waals surface area contributed by atoms with Crippen LogP contribution < -0.4 is 0 Å². The molecule has 0 aromatic heterocycles. The Hall–Kier alpha value is -0.850. The molecule has 2 aliphatic carbocycles. The summed E-state index contributed by atoms with van der Waals surface area (Å²) in [5.74, 6) is 0.0128. The van der Waals surface area contributed by atoms with E-state index >= 15 is 0 Å². The summed E-state index contributed by atoms with van der Waals surface area (Å²) < 4.78 is 34.0. The van der Waals surface area contributed by atoms with Gasteiger partial charge in [-0.25, -0.2) is 19.6 Å². The first-order chi connectivity index (χ1) is 22.1. The van der Waals surface area contributed by atoms with Crippen molar-refractivity contribution in [1.82, 2.24) is 0 Å². The van der Waals surface area contributed by atoms with E-state index in [1.54, 1.807) is 0 Å². The van der Waals surface area contributed by atoms with Crippen LogP contribution >= 0.6 is 0 Å². The Balaban J connectivity index is 1.13. The van der Waals surface area contributed by atoms with Crippen LogP contribution in [0.25, 0.3) is 0 Å². The Morgan fingerprint density at radius 1 is 0.702 bits per heavy atom. The quantitative estimate of drug-likeness (QED) is 0.235. The van der Waals surface area contributed by atoms with Gasteiger partial charge < -0.3 is 23.7 Å². The molecular formula is C37H58O10. The Labute approximate surface area is 280 Å². The average Bonchev–Trinajstić information content (AvgIpc) is 3.38. The van der Waals surface area contributed by atoms with Gasteiger partial charge >= 0.3 is 5.97 Å². The van der Waals surface area contributed by atoms with Gasteiger partial charge in [0, 0.05) is 31.1 Å². The molecule has 2 spiro atoms. The maximum Gasteiger partial charge on any atom is 0.311 e. The van der Waals surface area contributed by atoms with Crippen LogP contribution in [0.15, 0.2) is 0 Å². The van der Waals surface area contributed by atoms with E-state index in [1.807, 2.05) is 34.6 Å². The van der Waals surface area contributed by atoms with Crippen molar-refractivity contribution in [2.24, 2.45) is 52.8 Å². The summed E-state index contributed by atoms with van der Waals surface area (Å²) in [6.07, 6.45) is 5.83. The SMILES string of the molecule is C[C@H]1[C@@H](C[C@H](OC(=O)C(C)(C)C)C2O[C@@H]3O[C@]4(C)CC[C@H]5[C@H](C)CC[C@@H]([C@H]2C)[C@@]35OO4)O[C@@H]2O[C@]3(C)CC[C@H]4[C@H](C)CC[C@@H]1[C@@]24OO3. The molecule has 47 heavy (non-hydrogen) atoms. The van der Waals surface area contributed by atoms with Crippen molar-refractivity contribution in [3.8, 4) is 0 Å². The standard InChI is InChI=1S/C37H58O10/c1-19-10-12-25-21(3)27(40-31-36(25)23(19)14-16-34(8,42-31)44-46-36)18-28(39-30(38)33(5,6)7)29-22(4)26-13-11-20(2)24-15-17-35(9)43-32(41-29)37(24,26)47-45-35/h19-29,31-32H,10-18H2,1-9H3/t19-,20-,21-,22-,23+,24+,25+,26+,27-,28+,29?,31-,32-,34+,35+,36-,37-/m1/s1. The lowest BCUT2D eigenvalue weighted by Gasteiger charge is -2.62. The number of carbonyl (C=O) groups is 1. The zero-order valence-corrected chi connectivity index (χ0v) is 30.0. The first kappa shape index (κ1) is 33.3. The van der Waals surface area contributed by atoms with Crippen molar-refractivity contribution in [2.75, 3.05) is 0 Å². The smallest absolute Gasteiger partial charge is 0.311 e. The molecule has 1 unspecified atom stereocenters. The Morgan fingerprint density at radius 2 is 1.21 bits per heavy atom. The number of carbonyl (C=O) groups excluding carboxylic acids is 1. The van der Waals surface area contributed by atoms with Crippen LogP contribution in [0, 0.1) is 52.8 Å². The normalized spacial score (nSPS) is 55.7. The first-order valence-corrected chi connectivity index (χ1v) is 18.7. The molecule has 10 heteroatoms. The van der Waals surface area contributed by atoms with Crippen molar-refractivity contribution in [2.45, 2.75) is 174 Å². The Bertz CT molecular complexity index is 1240. The van der Waals surface area contributed by atoms with Crippen LogP contribution in [0.4, 0.5) is 0 Å². The maximum atomic E-state index is 13.7. The van der Waals surface area contributed by atoms with Gasteiger partial charge in [-0.05, 0) is 109 Å². The molecule has 8 heterocycles. The van der Waals surface area contributed by atoms with Crippen molar-refractivity contribution < 1.29 is 48.0 Å². The lowest BCUT2D eigenvalue weighted by atomic mass is 9.56. The van der Waals surface area contributed by atoms with Crippen LogP contribution in [0.1, 0.15) is 120 Å². The molecule has 10 aliphatic rings. The number of rotatable bonds is 4. The summed E-state index contributed by atoms with van der Waals surface area (Å²) in [4.78, 5) is 38.6. The molecule has 0 N–H and O–H groups in total. The molecule has 17 atom stereocenters. The highest BCUT2D eigenvalue weighted by Crippen LogP contribution is 2.63. The minimum absolute atomic E-state index is 0.0274. The summed E-state index contributed by atoms with van der Waals surface area (Å²) in [5.41, 5.74) is -2.00. The summed E-state index contributed by atoms with van der Waals surface area (Å²) in [6, 6.07) is 0. The van der Waals surface area contributed by atoms with E-state index in [2.05, 4.69) is 27.7 Å². The summed E-state index contributed by atoms with van der Waals surface area (Å²) in [6.45, 7) is 18.8. The van der Waals surface area contributed by atoms with Gasteiger partial charge in [0.1, 0.15) is 12.2 Å². The third-order valence-electron chi connectivity index (χ3n) is 14.2. The van der Waals surface area contributed by atoms with E-state index in [4.69, 9.17) is 43.2 Å². The van der Waals surface area contributed by atoms with Gasteiger partial charge in [0.25, 0.3) is 0 Å². The number of esters is 1. The molecule has 4 bridgehead atoms. The Morgan fingerprint density at radius 3 is 1.74 bits per heavy atom. The largest absolute Gasteiger partial charge is 0.459 e. The zero-order chi connectivity index (χ0) is 33.3. The van der Waals surface area contributed by atoms with E-state index in [-0.39, 0.29) is 41.7 Å². The summed E-state index contributed by atoms with van der Waals surface area (Å²) in [5, 5.41) is 0. The molecule has 266 valence electrons. The fraction of sp³-hybridized carbons (Fsp3) is 0.973. The molecule has 10 fully saturated rings. The number of ether oxygens (including phenoxy) is 5. The van der Waals surface area contributed by atoms with E-state index in [9.17, 15) is 4.79 Å². The highest BCUT2D eigenvalue weighted by Gasteiger charge is 2.72. The minimum Gasteiger partial charge on any atom is -0.459 e. The third-order valence-corrected chi connectivity index (χ3v) is 14.2. The van der Waals surface area contributed by atoms with Crippen molar-refractivity contribution in [1.29, 1.82) is 0 Å². The van der Waals surface area contributed by atoms with Crippen molar-refractivity contribution in [3.63, 3.8) is 0 Å². The maximum absolute atomic E-state index is 13.7. The van der Waals surface area contributed by atoms with Gasteiger partial charge in [0.05, 0.1) is 11.5 Å². The fourth-order valence-corrected chi connectivity index (χ4v) is 11.4. The molecule has 10 rings (SSSR count). The number of hydrogen-bond donors (Lipinski definition) is 0. The first-order valence-electron chi connectivity index (χ1n) is 18.7. The monoisotopic (exact) mass is 662 g/mol. The van der Waals surface area contributed by atoms with Crippen LogP contribution in [-0.2, 0) is 48.0 Å². The second kappa shape index (κ2) is 11.1. The topological polar surface area (TPSA) is 100 Å². The van der Waals surface area contributed by atoms with Crippen LogP contribution in [0.2, 0.25) is 0 Å². The lowest BCUT2D eigenvalue weighted by molar-refractivity contribution is -0.573. The van der Waals surface area contributed by atoms with Gasteiger partial charge in [0.2, 0.25) is 11.6 Å².